The fraction of sp³-hybridized carbons (Fsp3) is 0.476. The summed E-state index contributed by atoms with van der Waals surface area (Å²) in [6.07, 6.45) is 3.21. The van der Waals surface area contributed by atoms with Crippen LogP contribution in [-0.2, 0) is 0 Å². The minimum atomic E-state index is -0.726. The van der Waals surface area contributed by atoms with Crippen molar-refractivity contribution in [1.29, 1.82) is 0 Å². The van der Waals surface area contributed by atoms with Crippen molar-refractivity contribution in [2.24, 2.45) is 15.8 Å². The van der Waals surface area contributed by atoms with Crippen LogP contribution in [0.3, 0.4) is 0 Å². The van der Waals surface area contributed by atoms with Gasteiger partial charge in [-0.2, -0.15) is 0 Å². The molecule has 2 unspecified atom stereocenters. The Morgan fingerprint density at radius 2 is 1.90 bits per heavy atom. The highest BCUT2D eigenvalue weighted by Crippen LogP contribution is 2.46. The number of aliphatic hydroxyl groups is 1. The third-order valence-electron chi connectivity index (χ3n) is 5.32. The Morgan fingerprint density at radius 3 is 2.52 bits per heavy atom. The van der Waals surface area contributed by atoms with Gasteiger partial charge in [-0.1, -0.05) is 36.7 Å². The van der Waals surface area contributed by atoms with Crippen molar-refractivity contribution in [2.45, 2.75) is 46.1 Å². The largest absolute Gasteiger partial charge is 0.493 e. The van der Waals surface area contributed by atoms with Crippen molar-refractivity contribution in [3.05, 3.63) is 55.1 Å². The summed E-state index contributed by atoms with van der Waals surface area (Å²) in [6.45, 7) is 6.73. The van der Waals surface area contributed by atoms with Crippen LogP contribution in [-0.4, -0.2) is 38.6 Å². The van der Waals surface area contributed by atoms with Crippen LogP contribution in [0.4, 0.5) is 0 Å². The Hall–Kier alpha value is -2.19. The van der Waals surface area contributed by atoms with E-state index in [0.29, 0.717) is 18.7 Å². The fourth-order valence-electron chi connectivity index (χ4n) is 4.54. The number of nitrogens with one attached hydrogen (secondary N) is 1. The predicted octanol–water partition coefficient (Wildman–Crippen LogP) is 2.99. The molecule has 1 aliphatic rings. The number of benzene rings is 1. The van der Waals surface area contributed by atoms with E-state index < -0.39 is 17.1 Å². The molecule has 1 fully saturated rings. The van der Waals surface area contributed by atoms with Gasteiger partial charge in [0.25, 0.3) is 5.56 Å². The van der Waals surface area contributed by atoms with Gasteiger partial charge in [-0.3, -0.25) is 14.8 Å². The van der Waals surface area contributed by atoms with Crippen molar-refractivity contribution < 1.29 is 10.2 Å². The average molecular weight is 464 g/mol. The number of aromatic nitrogens is 2. The number of rotatable bonds is 4. The van der Waals surface area contributed by atoms with E-state index in [4.69, 9.17) is 0 Å². The lowest BCUT2D eigenvalue weighted by Crippen LogP contribution is -2.40. The van der Waals surface area contributed by atoms with Crippen LogP contribution < -0.4 is 11.2 Å². The number of hydrogen-bond donors (Lipinski definition) is 3. The number of aromatic hydroxyl groups is 1. The van der Waals surface area contributed by atoms with Gasteiger partial charge < -0.3 is 10.2 Å². The van der Waals surface area contributed by atoms with Crippen LogP contribution in [0.5, 0.6) is 5.88 Å². The molecule has 3 N–H and O–H groups in total. The molecular weight excluding hydrogens is 438 g/mol. The van der Waals surface area contributed by atoms with Crippen molar-refractivity contribution in [2.75, 3.05) is 6.54 Å². The number of aliphatic hydroxyl groups excluding tert-OH is 1. The molecule has 2 atom stereocenters. The predicted molar refractivity (Wildman–Crippen MR) is 116 cm³/mol. The Kier molecular flexibility index (Phi) is 5.87. The molecule has 7 nitrogen and oxygen atoms in total. The quantitative estimate of drug-likeness (QED) is 0.605. The van der Waals surface area contributed by atoms with Crippen molar-refractivity contribution >= 4 is 22.1 Å². The van der Waals surface area contributed by atoms with Crippen LogP contribution in [0.1, 0.15) is 45.6 Å². The van der Waals surface area contributed by atoms with Gasteiger partial charge in [0.1, 0.15) is 5.56 Å². The minimum absolute atomic E-state index is 0.0103. The van der Waals surface area contributed by atoms with Crippen LogP contribution >= 0.6 is 15.9 Å². The Morgan fingerprint density at radius 1 is 1.24 bits per heavy atom. The first kappa shape index (κ1) is 21.5. The minimum Gasteiger partial charge on any atom is -0.493 e. The zero-order chi connectivity index (χ0) is 21.4. The molecule has 3 rings (SSSR count). The van der Waals surface area contributed by atoms with E-state index in [0.717, 1.165) is 21.9 Å². The smallest absolute Gasteiger partial charge is 0.335 e. The number of nitrogens with zero attached hydrogens (tertiary/aromatic N) is 2. The van der Waals surface area contributed by atoms with E-state index in [1.165, 1.54) is 6.21 Å². The van der Waals surface area contributed by atoms with Gasteiger partial charge in [-0.15, -0.1) is 0 Å². The van der Waals surface area contributed by atoms with Crippen LogP contribution in [0.2, 0.25) is 0 Å². The highest BCUT2D eigenvalue weighted by molar-refractivity contribution is 9.10. The first-order valence-corrected chi connectivity index (χ1v) is 10.3. The summed E-state index contributed by atoms with van der Waals surface area (Å²) in [4.78, 5) is 31.1. The summed E-state index contributed by atoms with van der Waals surface area (Å²) < 4.78 is 1.86. The molecule has 0 amide bonds. The average Bonchev–Trinajstić information content (AvgIpc) is 2.57. The highest BCUT2D eigenvalue weighted by Gasteiger charge is 2.40. The second kappa shape index (κ2) is 7.91. The van der Waals surface area contributed by atoms with E-state index in [-0.39, 0.29) is 22.5 Å². The van der Waals surface area contributed by atoms with Gasteiger partial charge >= 0.3 is 5.69 Å². The SMILES string of the molecule is CC1(C)CC(O)CC(C)(CN=Cc2c(O)n(-c3ccc(Br)cc3)c(=O)[nH]c2=O)C1. The number of aromatic amines is 1. The zero-order valence-corrected chi connectivity index (χ0v) is 18.4. The fourth-order valence-corrected chi connectivity index (χ4v) is 4.81. The van der Waals surface area contributed by atoms with Gasteiger partial charge in [-0.05, 0) is 54.4 Å². The van der Waals surface area contributed by atoms with Gasteiger partial charge in [0.05, 0.1) is 11.8 Å². The van der Waals surface area contributed by atoms with E-state index in [1.807, 2.05) is 0 Å². The summed E-state index contributed by atoms with van der Waals surface area (Å²) in [5.74, 6) is -0.459. The number of halogens is 1. The Bertz CT molecular complexity index is 1040. The molecule has 8 heteroatoms. The molecule has 1 aromatic heterocycles. The lowest BCUT2D eigenvalue weighted by Gasteiger charge is -2.44. The zero-order valence-electron chi connectivity index (χ0n) is 16.8. The molecule has 156 valence electrons. The summed E-state index contributed by atoms with van der Waals surface area (Å²) in [5.41, 5.74) is -1.27. The molecule has 0 aliphatic heterocycles. The molecule has 0 saturated heterocycles. The number of H-pyrrole nitrogens is 1. The summed E-state index contributed by atoms with van der Waals surface area (Å²) in [5, 5.41) is 20.8. The monoisotopic (exact) mass is 463 g/mol. The first-order valence-electron chi connectivity index (χ1n) is 9.52. The molecule has 1 saturated carbocycles. The Labute approximate surface area is 177 Å². The Balaban J connectivity index is 1.91. The first-order chi connectivity index (χ1) is 13.5. The highest BCUT2D eigenvalue weighted by atomic mass is 79.9. The molecule has 1 aliphatic carbocycles. The summed E-state index contributed by atoms with van der Waals surface area (Å²) >= 11 is 3.32. The van der Waals surface area contributed by atoms with Gasteiger partial charge in [-0.25, -0.2) is 9.36 Å². The second-order valence-electron chi connectivity index (χ2n) is 8.99. The number of aliphatic imine (C=N–C) groups is 1. The molecule has 0 bridgehead atoms. The van der Waals surface area contributed by atoms with E-state index >= 15 is 0 Å². The molecule has 2 aromatic rings. The van der Waals surface area contributed by atoms with E-state index in [2.05, 4.69) is 46.7 Å². The maximum absolute atomic E-state index is 12.2. The van der Waals surface area contributed by atoms with Crippen molar-refractivity contribution in [3.8, 4) is 11.6 Å². The second-order valence-corrected chi connectivity index (χ2v) is 9.91. The van der Waals surface area contributed by atoms with Crippen molar-refractivity contribution in [3.63, 3.8) is 0 Å². The maximum Gasteiger partial charge on any atom is 0.335 e. The molecule has 1 aromatic carbocycles. The standard InChI is InChI=1S/C21H26BrN3O4/c1-20(2)8-15(26)9-21(3,11-20)12-23-10-16-17(27)24-19(29)25(18(16)28)14-6-4-13(22)5-7-14/h4-7,10,15,26,28H,8-9,11-12H2,1-3H3,(H,24,27,29). The van der Waals surface area contributed by atoms with Crippen LogP contribution in [0.25, 0.3) is 5.69 Å². The summed E-state index contributed by atoms with van der Waals surface area (Å²) in [6, 6.07) is 6.77. The van der Waals surface area contributed by atoms with E-state index in [9.17, 15) is 19.8 Å². The third-order valence-corrected chi connectivity index (χ3v) is 5.85. The lowest BCUT2D eigenvalue weighted by atomic mass is 9.63. The summed E-state index contributed by atoms with van der Waals surface area (Å²) in [7, 11) is 0. The van der Waals surface area contributed by atoms with Gasteiger partial charge in [0.15, 0.2) is 0 Å². The maximum atomic E-state index is 12.2. The van der Waals surface area contributed by atoms with Crippen molar-refractivity contribution in [1.82, 2.24) is 9.55 Å². The molecule has 29 heavy (non-hydrogen) atoms. The number of hydrogen-bond acceptors (Lipinski definition) is 5. The van der Waals surface area contributed by atoms with Gasteiger partial charge in [0.2, 0.25) is 5.88 Å². The third kappa shape index (κ3) is 4.87. The van der Waals surface area contributed by atoms with Crippen LogP contribution in [0, 0.1) is 10.8 Å². The van der Waals surface area contributed by atoms with E-state index in [1.54, 1.807) is 24.3 Å². The molecular formula is C21H26BrN3O4. The molecule has 0 spiro atoms. The topological polar surface area (TPSA) is 108 Å². The lowest BCUT2D eigenvalue weighted by molar-refractivity contribution is -0.00472. The van der Waals surface area contributed by atoms with Gasteiger partial charge in [0, 0.05) is 17.2 Å². The van der Waals surface area contributed by atoms with Crippen LogP contribution in [0.15, 0.2) is 43.3 Å². The normalized spacial score (nSPS) is 24.1. The molecule has 1 heterocycles. The molecule has 0 radical (unpaired) electrons.